The molecule has 0 saturated carbocycles. The van der Waals surface area contributed by atoms with Crippen molar-refractivity contribution in [2.75, 3.05) is 19.0 Å². The number of nitrogens with two attached hydrogens (primary N) is 1. The molecule has 182 valence electrons. The third-order valence-electron chi connectivity index (χ3n) is 5.15. The van der Waals surface area contributed by atoms with Crippen LogP contribution in [0.5, 0.6) is 5.75 Å². The summed E-state index contributed by atoms with van der Waals surface area (Å²) in [6.45, 7) is 5.49. The number of rotatable bonds is 12. The van der Waals surface area contributed by atoms with Crippen LogP contribution in [0.4, 0.5) is 22.7 Å². The van der Waals surface area contributed by atoms with E-state index in [1.54, 1.807) is 38.1 Å². The van der Waals surface area contributed by atoms with Crippen LogP contribution in [0.1, 0.15) is 37.3 Å². The highest BCUT2D eigenvalue weighted by atomic mass is 16.6. The van der Waals surface area contributed by atoms with Crippen LogP contribution < -0.4 is 21.1 Å². The molecule has 0 saturated heterocycles. The maximum atomic E-state index is 12.3. The number of ether oxygens (including phenoxy) is 1. The predicted octanol–water partition coefficient (Wildman–Crippen LogP) is 4.21. The van der Waals surface area contributed by atoms with Crippen molar-refractivity contribution in [3.8, 4) is 5.75 Å². The molecule has 0 aliphatic heterocycles. The predicted molar refractivity (Wildman–Crippen MR) is 129 cm³/mol. The number of primary amides is 1. The summed E-state index contributed by atoms with van der Waals surface area (Å²) in [6.07, 6.45) is 1.38. The van der Waals surface area contributed by atoms with E-state index in [4.69, 9.17) is 10.5 Å². The van der Waals surface area contributed by atoms with Crippen LogP contribution in [-0.2, 0) is 9.59 Å². The Morgan fingerprint density at radius 1 is 1.18 bits per heavy atom. The van der Waals surface area contributed by atoms with Crippen LogP contribution in [0.2, 0.25) is 0 Å². The SMILES string of the molecule is CCC(CCC(N)=O)NC(=O)CNc1cc(C)c(N=Nc2ccc(C)cc2[N+](=O)[O-])cc1OC. The van der Waals surface area contributed by atoms with Crippen molar-refractivity contribution in [2.24, 2.45) is 16.0 Å². The number of carbonyl (C=O) groups excluding carboxylic acids is 2. The summed E-state index contributed by atoms with van der Waals surface area (Å²) in [5, 5.41) is 25.4. The molecule has 1 atom stereocenters. The van der Waals surface area contributed by atoms with Crippen molar-refractivity contribution >= 4 is 34.6 Å². The molecule has 0 radical (unpaired) electrons. The van der Waals surface area contributed by atoms with Crippen molar-refractivity contribution in [2.45, 2.75) is 46.1 Å². The Kier molecular flexibility index (Phi) is 9.48. The third-order valence-corrected chi connectivity index (χ3v) is 5.15. The van der Waals surface area contributed by atoms with Gasteiger partial charge in [0.05, 0.1) is 30.0 Å². The van der Waals surface area contributed by atoms with Crippen LogP contribution in [0.15, 0.2) is 40.6 Å². The quantitative estimate of drug-likeness (QED) is 0.239. The topological polar surface area (TPSA) is 161 Å². The van der Waals surface area contributed by atoms with Gasteiger partial charge in [-0.1, -0.05) is 13.0 Å². The van der Waals surface area contributed by atoms with Crippen LogP contribution in [0.3, 0.4) is 0 Å². The summed E-state index contributed by atoms with van der Waals surface area (Å²) in [4.78, 5) is 34.1. The average Bonchev–Trinajstić information content (AvgIpc) is 2.79. The second-order valence-electron chi connectivity index (χ2n) is 7.82. The minimum atomic E-state index is -0.496. The van der Waals surface area contributed by atoms with Gasteiger partial charge in [0.2, 0.25) is 11.8 Å². The van der Waals surface area contributed by atoms with Crippen molar-refractivity contribution < 1.29 is 19.2 Å². The highest BCUT2D eigenvalue weighted by Crippen LogP contribution is 2.35. The van der Waals surface area contributed by atoms with Gasteiger partial charge in [-0.15, -0.1) is 10.2 Å². The summed E-state index contributed by atoms with van der Waals surface area (Å²) in [5.41, 5.74) is 7.74. The van der Waals surface area contributed by atoms with E-state index >= 15 is 0 Å². The molecule has 0 heterocycles. The first kappa shape index (κ1) is 26.2. The Balaban J connectivity index is 2.13. The first-order chi connectivity index (χ1) is 16.1. The van der Waals surface area contributed by atoms with E-state index in [1.165, 1.54) is 13.2 Å². The van der Waals surface area contributed by atoms with Crippen molar-refractivity contribution in [1.82, 2.24) is 5.32 Å². The first-order valence-corrected chi connectivity index (χ1v) is 10.8. The number of benzene rings is 2. The number of nitro groups is 1. The molecule has 2 amide bonds. The monoisotopic (exact) mass is 470 g/mol. The Hall–Kier alpha value is -4.02. The molecular formula is C23H30N6O5. The number of amides is 2. The van der Waals surface area contributed by atoms with Gasteiger partial charge in [0, 0.05) is 24.6 Å². The number of hydrogen-bond donors (Lipinski definition) is 3. The maximum Gasteiger partial charge on any atom is 0.296 e. The van der Waals surface area contributed by atoms with E-state index in [0.29, 0.717) is 30.0 Å². The summed E-state index contributed by atoms with van der Waals surface area (Å²) < 4.78 is 5.41. The van der Waals surface area contributed by atoms with Crippen LogP contribution >= 0.6 is 0 Å². The molecule has 2 rings (SSSR count). The van der Waals surface area contributed by atoms with Crippen LogP contribution in [0.25, 0.3) is 0 Å². The Bertz CT molecular complexity index is 1090. The molecule has 1 unspecified atom stereocenters. The lowest BCUT2D eigenvalue weighted by Gasteiger charge is -2.17. The number of aryl methyl sites for hydroxylation is 2. The second kappa shape index (κ2) is 12.3. The molecule has 0 fully saturated rings. The van der Waals surface area contributed by atoms with E-state index in [1.807, 2.05) is 6.92 Å². The van der Waals surface area contributed by atoms with Gasteiger partial charge in [0.25, 0.3) is 5.69 Å². The molecule has 0 aliphatic carbocycles. The lowest BCUT2D eigenvalue weighted by atomic mass is 10.1. The fourth-order valence-electron chi connectivity index (χ4n) is 3.21. The van der Waals surface area contributed by atoms with Gasteiger partial charge in [0.15, 0.2) is 5.69 Å². The lowest BCUT2D eigenvalue weighted by Crippen LogP contribution is -2.38. The summed E-state index contributed by atoms with van der Waals surface area (Å²) in [7, 11) is 1.48. The minimum absolute atomic E-state index is 0.000697. The van der Waals surface area contributed by atoms with E-state index < -0.39 is 10.8 Å². The van der Waals surface area contributed by atoms with Gasteiger partial charge in [-0.3, -0.25) is 19.7 Å². The van der Waals surface area contributed by atoms with Gasteiger partial charge < -0.3 is 21.1 Å². The zero-order valence-electron chi connectivity index (χ0n) is 19.8. The summed E-state index contributed by atoms with van der Waals surface area (Å²) in [6, 6.07) is 7.97. The molecule has 2 aromatic carbocycles. The molecule has 0 aliphatic rings. The van der Waals surface area contributed by atoms with Crippen molar-refractivity contribution in [1.29, 1.82) is 0 Å². The Morgan fingerprint density at radius 2 is 1.88 bits per heavy atom. The summed E-state index contributed by atoms with van der Waals surface area (Å²) >= 11 is 0. The second-order valence-corrected chi connectivity index (χ2v) is 7.82. The number of methoxy groups -OCH3 is 1. The number of carbonyl (C=O) groups is 2. The van der Waals surface area contributed by atoms with E-state index in [2.05, 4.69) is 20.9 Å². The smallest absolute Gasteiger partial charge is 0.296 e. The van der Waals surface area contributed by atoms with Gasteiger partial charge in [-0.2, -0.15) is 0 Å². The molecule has 0 aromatic heterocycles. The molecule has 4 N–H and O–H groups in total. The number of nitro benzene ring substituents is 1. The van der Waals surface area contributed by atoms with E-state index in [-0.39, 0.29) is 36.3 Å². The van der Waals surface area contributed by atoms with Gasteiger partial charge in [-0.05, 0) is 49.9 Å². The minimum Gasteiger partial charge on any atom is -0.495 e. The van der Waals surface area contributed by atoms with E-state index in [0.717, 1.165) is 11.1 Å². The molecule has 0 spiro atoms. The van der Waals surface area contributed by atoms with E-state index in [9.17, 15) is 19.7 Å². The Morgan fingerprint density at radius 3 is 2.50 bits per heavy atom. The molecular weight excluding hydrogens is 440 g/mol. The normalized spacial score (nSPS) is 11.8. The fourth-order valence-corrected chi connectivity index (χ4v) is 3.21. The molecule has 2 aromatic rings. The highest BCUT2D eigenvalue weighted by molar-refractivity contribution is 5.82. The molecule has 34 heavy (non-hydrogen) atoms. The third kappa shape index (κ3) is 7.54. The van der Waals surface area contributed by atoms with Gasteiger partial charge >= 0.3 is 0 Å². The van der Waals surface area contributed by atoms with Crippen molar-refractivity contribution in [3.05, 3.63) is 51.6 Å². The average molecular weight is 471 g/mol. The first-order valence-electron chi connectivity index (χ1n) is 10.8. The number of nitrogens with zero attached hydrogens (tertiary/aromatic N) is 3. The number of hydrogen-bond acceptors (Lipinski definition) is 8. The highest BCUT2D eigenvalue weighted by Gasteiger charge is 2.15. The Labute approximate surface area is 197 Å². The molecule has 11 heteroatoms. The summed E-state index contributed by atoms with van der Waals surface area (Å²) in [5.74, 6) is -0.196. The zero-order chi connectivity index (χ0) is 25.3. The van der Waals surface area contributed by atoms with Crippen molar-refractivity contribution in [3.63, 3.8) is 0 Å². The molecule has 0 bridgehead atoms. The van der Waals surface area contributed by atoms with Gasteiger partial charge in [-0.25, -0.2) is 0 Å². The van der Waals surface area contributed by atoms with Crippen LogP contribution in [-0.4, -0.2) is 36.4 Å². The van der Waals surface area contributed by atoms with Gasteiger partial charge in [0.1, 0.15) is 5.75 Å². The largest absolute Gasteiger partial charge is 0.495 e. The lowest BCUT2D eigenvalue weighted by molar-refractivity contribution is -0.384. The zero-order valence-corrected chi connectivity index (χ0v) is 19.8. The maximum absolute atomic E-state index is 12.3. The number of anilines is 1. The standard InChI is InChI=1S/C23H30N6O5/c1-5-16(7-9-22(24)30)26-23(31)13-25-19-11-15(3)18(12-21(19)34-4)28-27-17-8-6-14(2)10-20(17)29(32)33/h6,8,10-12,16,25H,5,7,9,13H2,1-4H3,(H2,24,30)(H,26,31). The van der Waals surface area contributed by atoms with Crippen LogP contribution in [0, 0.1) is 24.0 Å². The number of azo groups is 1. The fraction of sp³-hybridized carbons (Fsp3) is 0.391. The molecule has 11 nitrogen and oxygen atoms in total. The number of nitrogens with one attached hydrogen (secondary N) is 2.